The molecule has 1 N–H and O–H groups in total. The van der Waals surface area contributed by atoms with Crippen LogP contribution in [0.1, 0.15) is 0 Å². The second-order valence-corrected chi connectivity index (χ2v) is 6.00. The van der Waals surface area contributed by atoms with Crippen molar-refractivity contribution >= 4 is 27.3 Å². The van der Waals surface area contributed by atoms with Gasteiger partial charge in [0.15, 0.2) is 16.5 Å². The number of hydrogen-bond acceptors (Lipinski definition) is 5. The molecule has 2 aromatic rings. The summed E-state index contributed by atoms with van der Waals surface area (Å²) >= 11 is 6.02. The SMILES string of the molecule is O=S(=O)(Nc1cc2c(cc1Cl)OCO2)c1ccccn1. The van der Waals surface area contributed by atoms with Crippen molar-refractivity contribution in [1.29, 1.82) is 0 Å². The van der Waals surface area contributed by atoms with E-state index in [4.69, 9.17) is 21.1 Å². The third kappa shape index (κ3) is 2.37. The maximum Gasteiger partial charge on any atom is 0.279 e. The fraction of sp³-hybridized carbons (Fsp3) is 0.0833. The van der Waals surface area contributed by atoms with Gasteiger partial charge in [0.2, 0.25) is 6.79 Å². The van der Waals surface area contributed by atoms with Crippen molar-refractivity contribution in [3.8, 4) is 11.5 Å². The lowest BCUT2D eigenvalue weighted by Gasteiger charge is -2.09. The number of nitrogens with one attached hydrogen (secondary N) is 1. The molecule has 2 heterocycles. The molecule has 1 aliphatic heterocycles. The summed E-state index contributed by atoms with van der Waals surface area (Å²) in [5.74, 6) is 0.920. The van der Waals surface area contributed by atoms with Gasteiger partial charge in [-0.1, -0.05) is 17.7 Å². The lowest BCUT2D eigenvalue weighted by Crippen LogP contribution is -2.14. The van der Waals surface area contributed by atoms with Gasteiger partial charge in [0.05, 0.1) is 10.7 Å². The monoisotopic (exact) mass is 312 g/mol. The van der Waals surface area contributed by atoms with Crippen LogP contribution in [-0.4, -0.2) is 20.2 Å². The Kier molecular flexibility index (Phi) is 3.15. The van der Waals surface area contributed by atoms with Crippen LogP contribution >= 0.6 is 11.6 Å². The summed E-state index contributed by atoms with van der Waals surface area (Å²) in [6, 6.07) is 7.59. The number of anilines is 1. The summed E-state index contributed by atoms with van der Waals surface area (Å²) in [5, 5.41) is 0.127. The number of halogens is 1. The number of benzene rings is 1. The molecule has 104 valence electrons. The summed E-state index contributed by atoms with van der Waals surface area (Å²) in [6.07, 6.45) is 1.40. The van der Waals surface area contributed by atoms with Crippen LogP contribution in [0.25, 0.3) is 0 Å². The quantitative estimate of drug-likeness (QED) is 0.940. The zero-order valence-electron chi connectivity index (χ0n) is 10.0. The molecular formula is C12H9ClN2O4S. The largest absolute Gasteiger partial charge is 0.454 e. The molecule has 0 amide bonds. The molecule has 20 heavy (non-hydrogen) atoms. The average molecular weight is 313 g/mol. The smallest absolute Gasteiger partial charge is 0.279 e. The number of pyridine rings is 1. The van der Waals surface area contributed by atoms with Gasteiger partial charge in [0, 0.05) is 18.3 Å². The predicted octanol–water partition coefficient (Wildman–Crippen LogP) is 2.26. The number of ether oxygens (including phenoxy) is 2. The van der Waals surface area contributed by atoms with Crippen LogP contribution in [0.2, 0.25) is 5.02 Å². The summed E-state index contributed by atoms with van der Waals surface area (Å²) < 4.78 is 37.0. The molecule has 6 nitrogen and oxygen atoms in total. The minimum absolute atomic E-state index is 0.0854. The van der Waals surface area contributed by atoms with Crippen LogP contribution in [0, 0.1) is 0 Å². The molecular weight excluding hydrogens is 304 g/mol. The van der Waals surface area contributed by atoms with Gasteiger partial charge < -0.3 is 9.47 Å². The lowest BCUT2D eigenvalue weighted by atomic mass is 10.3. The first kappa shape index (κ1) is 13.0. The van der Waals surface area contributed by atoms with Crippen LogP contribution < -0.4 is 14.2 Å². The van der Waals surface area contributed by atoms with E-state index < -0.39 is 10.0 Å². The second kappa shape index (κ2) is 4.84. The van der Waals surface area contributed by atoms with Gasteiger partial charge in [-0.25, -0.2) is 4.98 Å². The van der Waals surface area contributed by atoms with Gasteiger partial charge in [0.1, 0.15) is 0 Å². The van der Waals surface area contributed by atoms with Crippen LogP contribution in [0.5, 0.6) is 11.5 Å². The van der Waals surface area contributed by atoms with Crippen LogP contribution in [-0.2, 0) is 10.0 Å². The van der Waals surface area contributed by atoms with Gasteiger partial charge in [0.25, 0.3) is 10.0 Å². The Balaban J connectivity index is 1.96. The van der Waals surface area contributed by atoms with E-state index in [2.05, 4.69) is 9.71 Å². The number of rotatable bonds is 3. The van der Waals surface area contributed by atoms with Crippen molar-refractivity contribution in [2.24, 2.45) is 0 Å². The van der Waals surface area contributed by atoms with Gasteiger partial charge in [-0.15, -0.1) is 0 Å². The third-order valence-electron chi connectivity index (χ3n) is 2.62. The van der Waals surface area contributed by atoms with E-state index in [0.717, 1.165) is 0 Å². The molecule has 1 aliphatic rings. The number of sulfonamides is 1. The Morgan fingerprint density at radius 2 is 1.95 bits per heavy atom. The summed E-state index contributed by atoms with van der Waals surface area (Å²) in [5.41, 5.74) is 0.210. The summed E-state index contributed by atoms with van der Waals surface area (Å²) in [7, 11) is -3.80. The Bertz CT molecular complexity index is 750. The standard InChI is InChI=1S/C12H9ClN2O4S/c13-8-5-10-11(19-7-18-10)6-9(8)15-20(16,17)12-3-1-2-4-14-12/h1-6,15H,7H2. The first-order chi connectivity index (χ1) is 9.56. The molecule has 0 spiro atoms. The Morgan fingerprint density at radius 3 is 2.65 bits per heavy atom. The number of fused-ring (bicyclic) bond motifs is 1. The van der Waals surface area contributed by atoms with E-state index in [-0.39, 0.29) is 22.5 Å². The van der Waals surface area contributed by atoms with Crippen molar-refractivity contribution in [2.45, 2.75) is 5.03 Å². The van der Waals surface area contributed by atoms with Gasteiger partial charge in [-0.3, -0.25) is 4.72 Å². The molecule has 1 aromatic carbocycles. The normalized spacial score (nSPS) is 13.2. The highest BCUT2D eigenvalue weighted by atomic mass is 35.5. The first-order valence-electron chi connectivity index (χ1n) is 5.59. The van der Waals surface area contributed by atoms with Gasteiger partial charge >= 0.3 is 0 Å². The number of hydrogen-bond donors (Lipinski definition) is 1. The Labute approximate surface area is 120 Å². The molecule has 0 unspecified atom stereocenters. The number of aromatic nitrogens is 1. The fourth-order valence-electron chi connectivity index (χ4n) is 1.70. The Hall–Kier alpha value is -1.99. The van der Waals surface area contributed by atoms with Crippen LogP contribution in [0.15, 0.2) is 41.6 Å². The van der Waals surface area contributed by atoms with E-state index in [1.165, 1.54) is 24.4 Å². The van der Waals surface area contributed by atoms with E-state index in [9.17, 15) is 8.42 Å². The van der Waals surface area contributed by atoms with E-state index in [0.29, 0.717) is 11.5 Å². The molecule has 3 rings (SSSR count). The zero-order chi connectivity index (χ0) is 14.2. The lowest BCUT2D eigenvalue weighted by molar-refractivity contribution is 0.174. The predicted molar refractivity (Wildman–Crippen MR) is 72.6 cm³/mol. The van der Waals surface area contributed by atoms with Gasteiger partial charge in [-0.2, -0.15) is 8.42 Å². The minimum Gasteiger partial charge on any atom is -0.454 e. The fourth-order valence-corrected chi connectivity index (χ4v) is 2.98. The summed E-state index contributed by atoms with van der Waals surface area (Å²) in [6.45, 7) is 0.0854. The van der Waals surface area contributed by atoms with E-state index >= 15 is 0 Å². The second-order valence-electron chi connectivity index (χ2n) is 3.96. The highest BCUT2D eigenvalue weighted by Crippen LogP contribution is 2.39. The highest BCUT2D eigenvalue weighted by molar-refractivity contribution is 7.92. The van der Waals surface area contributed by atoms with E-state index in [1.54, 1.807) is 12.1 Å². The molecule has 0 aliphatic carbocycles. The average Bonchev–Trinajstić information content (AvgIpc) is 2.87. The summed E-state index contributed by atoms with van der Waals surface area (Å²) in [4.78, 5) is 3.80. The maximum atomic E-state index is 12.1. The highest BCUT2D eigenvalue weighted by Gasteiger charge is 2.21. The Morgan fingerprint density at radius 1 is 1.20 bits per heavy atom. The minimum atomic E-state index is -3.80. The first-order valence-corrected chi connectivity index (χ1v) is 7.45. The maximum absolute atomic E-state index is 12.1. The molecule has 1 aromatic heterocycles. The third-order valence-corrected chi connectivity index (χ3v) is 4.21. The van der Waals surface area contributed by atoms with Gasteiger partial charge in [-0.05, 0) is 12.1 Å². The molecule has 0 bridgehead atoms. The molecule has 0 fully saturated rings. The molecule has 8 heteroatoms. The molecule has 0 radical (unpaired) electrons. The van der Waals surface area contributed by atoms with Crippen molar-refractivity contribution in [3.05, 3.63) is 41.6 Å². The molecule has 0 atom stereocenters. The van der Waals surface area contributed by atoms with Crippen molar-refractivity contribution in [3.63, 3.8) is 0 Å². The van der Waals surface area contributed by atoms with Crippen molar-refractivity contribution < 1.29 is 17.9 Å². The topological polar surface area (TPSA) is 77.5 Å². The van der Waals surface area contributed by atoms with Crippen molar-refractivity contribution in [1.82, 2.24) is 4.98 Å². The van der Waals surface area contributed by atoms with Crippen molar-refractivity contribution in [2.75, 3.05) is 11.5 Å². The van der Waals surface area contributed by atoms with Crippen LogP contribution in [0.3, 0.4) is 0 Å². The van der Waals surface area contributed by atoms with Crippen LogP contribution in [0.4, 0.5) is 5.69 Å². The number of nitrogens with zero attached hydrogens (tertiary/aromatic N) is 1. The van der Waals surface area contributed by atoms with E-state index in [1.807, 2.05) is 0 Å². The molecule has 0 saturated carbocycles. The molecule has 0 saturated heterocycles. The zero-order valence-corrected chi connectivity index (χ0v) is 11.6.